The topological polar surface area (TPSA) is 74.9 Å². The number of fused-ring (bicyclic) bond motifs is 5. The molecule has 2 aliphatic rings. The number of nitrogens with zero attached hydrogens (tertiary/aromatic N) is 2. The number of aromatic amines is 1. The van der Waals surface area contributed by atoms with Crippen LogP contribution in [0.1, 0.15) is 55.5 Å². The molecule has 0 bridgehead atoms. The highest BCUT2D eigenvalue weighted by Crippen LogP contribution is 2.49. The highest BCUT2D eigenvalue weighted by atomic mass is 19.1. The Bertz CT molecular complexity index is 1650. The number of nitrogens with one attached hydrogen (secondary N) is 1. The lowest BCUT2D eigenvalue weighted by Gasteiger charge is -2.51. The Kier molecular flexibility index (Phi) is 7.39. The number of aromatic nitrogens is 1. The minimum absolute atomic E-state index is 0.0425. The average Bonchev–Trinajstić information content (AvgIpc) is 3.39. The Morgan fingerprint density at radius 2 is 1.79 bits per heavy atom. The summed E-state index contributed by atoms with van der Waals surface area (Å²) in [4.78, 5) is 34.9. The second kappa shape index (κ2) is 11.2. The van der Waals surface area contributed by atoms with Crippen molar-refractivity contribution in [3.63, 3.8) is 0 Å². The standard InChI is InChI=1S/C34H36FN3O4/c1-4-18-42-28-15-14-23(19-29(28)41-5-2)25-20-38-30(39)21-37(17-16-22-10-6-8-12-26(22)35)33(40)34(38,3)32-31(25)24-11-7-9-13-27(24)36-32/h6-15,19,25,36H,4-5,16-18,20-21H2,1-3H3. The van der Waals surface area contributed by atoms with Gasteiger partial charge in [0.1, 0.15) is 5.82 Å². The molecule has 2 amide bonds. The maximum Gasteiger partial charge on any atom is 0.254 e. The fourth-order valence-corrected chi connectivity index (χ4v) is 6.45. The molecule has 6 rings (SSSR count). The number of benzene rings is 3. The Morgan fingerprint density at radius 1 is 1.00 bits per heavy atom. The van der Waals surface area contributed by atoms with Crippen LogP contribution in [-0.4, -0.2) is 59.4 Å². The van der Waals surface area contributed by atoms with Crippen molar-refractivity contribution >= 4 is 22.7 Å². The van der Waals surface area contributed by atoms with E-state index in [9.17, 15) is 14.0 Å². The van der Waals surface area contributed by atoms with Gasteiger partial charge in [-0.2, -0.15) is 0 Å². The minimum atomic E-state index is -1.22. The Labute approximate surface area is 245 Å². The quantitative estimate of drug-likeness (QED) is 0.278. The summed E-state index contributed by atoms with van der Waals surface area (Å²) < 4.78 is 26.3. The van der Waals surface area contributed by atoms with Gasteiger partial charge in [0.2, 0.25) is 5.91 Å². The third-order valence-electron chi connectivity index (χ3n) is 8.56. The van der Waals surface area contributed by atoms with Crippen LogP contribution in [0.25, 0.3) is 10.9 Å². The number of piperazine rings is 1. The molecule has 2 aliphatic heterocycles. The number of amides is 2. The van der Waals surface area contributed by atoms with Gasteiger partial charge in [0, 0.05) is 29.9 Å². The molecule has 0 spiro atoms. The number of H-pyrrole nitrogens is 1. The molecule has 1 aromatic heterocycles. The zero-order valence-electron chi connectivity index (χ0n) is 24.3. The number of rotatable bonds is 9. The van der Waals surface area contributed by atoms with E-state index in [1.807, 2.05) is 50.2 Å². The van der Waals surface area contributed by atoms with Crippen LogP contribution in [-0.2, 0) is 21.5 Å². The third kappa shape index (κ3) is 4.59. The normalized spacial score (nSPS) is 20.0. The number of hydrogen-bond acceptors (Lipinski definition) is 4. The average molecular weight is 570 g/mol. The monoisotopic (exact) mass is 569 g/mol. The number of halogens is 1. The lowest BCUT2D eigenvalue weighted by atomic mass is 9.76. The second-order valence-corrected chi connectivity index (χ2v) is 11.1. The number of hydrogen-bond donors (Lipinski definition) is 1. The summed E-state index contributed by atoms with van der Waals surface area (Å²) in [6.45, 7) is 7.48. The van der Waals surface area contributed by atoms with Crippen molar-refractivity contribution in [1.29, 1.82) is 0 Å². The Hall–Kier alpha value is -4.33. The van der Waals surface area contributed by atoms with Crippen molar-refractivity contribution in [2.75, 3.05) is 32.8 Å². The van der Waals surface area contributed by atoms with E-state index in [1.54, 1.807) is 28.0 Å². The van der Waals surface area contributed by atoms with Crippen LogP contribution in [0.15, 0.2) is 66.7 Å². The Morgan fingerprint density at radius 3 is 2.57 bits per heavy atom. The van der Waals surface area contributed by atoms with Gasteiger partial charge in [0.15, 0.2) is 17.0 Å². The van der Waals surface area contributed by atoms with Crippen molar-refractivity contribution in [3.8, 4) is 11.5 Å². The van der Waals surface area contributed by atoms with Crippen molar-refractivity contribution in [3.05, 3.63) is 94.9 Å². The number of ether oxygens (including phenoxy) is 2. The summed E-state index contributed by atoms with van der Waals surface area (Å²) in [6.07, 6.45) is 1.21. The molecular weight excluding hydrogens is 533 g/mol. The summed E-state index contributed by atoms with van der Waals surface area (Å²) >= 11 is 0. The lowest BCUT2D eigenvalue weighted by molar-refractivity contribution is -0.166. The molecule has 2 atom stereocenters. The molecule has 7 nitrogen and oxygen atoms in total. The van der Waals surface area contributed by atoms with E-state index in [0.717, 1.165) is 34.1 Å². The molecule has 8 heteroatoms. The third-order valence-corrected chi connectivity index (χ3v) is 8.56. The number of carbonyl (C=O) groups excluding carboxylic acids is 2. The van der Waals surface area contributed by atoms with Gasteiger partial charge in [-0.05, 0) is 67.6 Å². The zero-order valence-corrected chi connectivity index (χ0v) is 24.3. The van der Waals surface area contributed by atoms with Gasteiger partial charge in [-0.25, -0.2) is 4.39 Å². The van der Waals surface area contributed by atoms with Gasteiger partial charge in [0.25, 0.3) is 5.91 Å². The predicted molar refractivity (Wildman–Crippen MR) is 159 cm³/mol. The first-order valence-corrected chi connectivity index (χ1v) is 14.7. The van der Waals surface area contributed by atoms with Crippen molar-refractivity contribution in [2.24, 2.45) is 0 Å². The summed E-state index contributed by atoms with van der Waals surface area (Å²) in [5, 5.41) is 1.02. The number of para-hydroxylation sites is 1. The summed E-state index contributed by atoms with van der Waals surface area (Å²) in [5.41, 5.74) is 2.92. The molecule has 1 saturated heterocycles. The molecular formula is C34H36FN3O4. The molecule has 4 aromatic rings. The first-order valence-electron chi connectivity index (χ1n) is 14.7. The van der Waals surface area contributed by atoms with Gasteiger partial charge in [-0.3, -0.25) is 9.59 Å². The molecule has 42 heavy (non-hydrogen) atoms. The van der Waals surface area contributed by atoms with Gasteiger partial charge in [-0.1, -0.05) is 49.4 Å². The molecule has 3 aromatic carbocycles. The van der Waals surface area contributed by atoms with Crippen LogP contribution in [0.3, 0.4) is 0 Å². The van der Waals surface area contributed by atoms with Crippen molar-refractivity contribution in [2.45, 2.75) is 45.1 Å². The van der Waals surface area contributed by atoms with E-state index in [1.165, 1.54) is 6.07 Å². The van der Waals surface area contributed by atoms with Crippen molar-refractivity contribution in [1.82, 2.24) is 14.8 Å². The van der Waals surface area contributed by atoms with Crippen LogP contribution in [0.4, 0.5) is 4.39 Å². The lowest BCUT2D eigenvalue weighted by Crippen LogP contribution is -2.67. The van der Waals surface area contributed by atoms with E-state index in [4.69, 9.17) is 9.47 Å². The molecule has 0 radical (unpaired) electrons. The first kappa shape index (κ1) is 27.8. The molecule has 218 valence electrons. The van der Waals surface area contributed by atoms with Crippen LogP contribution >= 0.6 is 0 Å². The van der Waals surface area contributed by atoms with Gasteiger partial charge >= 0.3 is 0 Å². The van der Waals surface area contributed by atoms with Crippen LogP contribution in [0.5, 0.6) is 11.5 Å². The molecule has 3 heterocycles. The minimum Gasteiger partial charge on any atom is -0.490 e. The SMILES string of the molecule is CCCOc1ccc(C2CN3C(=O)CN(CCc4ccccc4F)C(=O)C3(C)c3[nH]c4ccccc4c32)cc1OCC. The van der Waals surface area contributed by atoms with E-state index >= 15 is 0 Å². The molecule has 0 saturated carbocycles. The smallest absolute Gasteiger partial charge is 0.254 e. The molecule has 0 aliphatic carbocycles. The van der Waals surface area contributed by atoms with E-state index in [0.29, 0.717) is 43.2 Å². The maximum atomic E-state index is 14.3. The van der Waals surface area contributed by atoms with Gasteiger partial charge in [-0.15, -0.1) is 0 Å². The van der Waals surface area contributed by atoms with Crippen LogP contribution in [0, 0.1) is 5.82 Å². The maximum absolute atomic E-state index is 14.3. The Balaban J connectivity index is 1.42. The molecule has 2 unspecified atom stereocenters. The highest BCUT2D eigenvalue weighted by molar-refractivity contribution is 6.01. The summed E-state index contributed by atoms with van der Waals surface area (Å²) in [6, 6.07) is 20.5. The van der Waals surface area contributed by atoms with Crippen LogP contribution < -0.4 is 9.47 Å². The highest BCUT2D eigenvalue weighted by Gasteiger charge is 2.56. The van der Waals surface area contributed by atoms with Gasteiger partial charge < -0.3 is 24.3 Å². The van der Waals surface area contributed by atoms with Crippen LogP contribution in [0.2, 0.25) is 0 Å². The fourth-order valence-electron chi connectivity index (χ4n) is 6.45. The molecule has 1 fully saturated rings. The molecule has 1 N–H and O–H groups in total. The zero-order chi connectivity index (χ0) is 29.4. The summed E-state index contributed by atoms with van der Waals surface area (Å²) in [5.74, 6) is 0.564. The number of carbonyl (C=O) groups is 2. The van der Waals surface area contributed by atoms with E-state index in [2.05, 4.69) is 18.0 Å². The predicted octanol–water partition coefficient (Wildman–Crippen LogP) is 5.77. The van der Waals surface area contributed by atoms with Gasteiger partial charge in [0.05, 0.1) is 25.5 Å². The van der Waals surface area contributed by atoms with E-state index < -0.39 is 5.54 Å². The largest absolute Gasteiger partial charge is 0.490 e. The second-order valence-electron chi connectivity index (χ2n) is 11.1. The summed E-state index contributed by atoms with van der Waals surface area (Å²) in [7, 11) is 0. The first-order chi connectivity index (χ1) is 20.4. The van der Waals surface area contributed by atoms with E-state index in [-0.39, 0.29) is 36.6 Å². The van der Waals surface area contributed by atoms with Crippen molar-refractivity contribution < 1.29 is 23.5 Å². The fraction of sp³-hybridized carbons (Fsp3) is 0.353.